The van der Waals surface area contributed by atoms with Gasteiger partial charge in [0.1, 0.15) is 0 Å². The standard InChI is InChI=1S/C40H32N6S/c1-41-34-22-23-36(31-9-3-2-8-30(31)34)45-46-37-25-24-35(32-10-4-5-11-33(32)37)44-43-29-20-18-27(19-21-29)26-14-16-28(17-15-26)40-42-38-12-6-7-13-39(38)47-40/h2-13,18-26,28H,1,14-17H2. The van der Waals surface area contributed by atoms with Gasteiger partial charge in [-0.3, -0.25) is 4.99 Å². The third kappa shape index (κ3) is 5.86. The maximum Gasteiger partial charge on any atom is 0.0969 e. The highest BCUT2D eigenvalue weighted by Gasteiger charge is 2.25. The molecule has 0 radical (unpaired) electrons. The predicted octanol–water partition coefficient (Wildman–Crippen LogP) is 13.2. The van der Waals surface area contributed by atoms with E-state index < -0.39 is 0 Å². The zero-order valence-corrected chi connectivity index (χ0v) is 26.6. The fourth-order valence-electron chi connectivity index (χ4n) is 6.70. The Morgan fingerprint density at radius 3 is 1.57 bits per heavy atom. The van der Waals surface area contributed by atoms with Gasteiger partial charge in [-0.25, -0.2) is 4.98 Å². The molecular formula is C40H32N6S. The Balaban J connectivity index is 0.971. The van der Waals surface area contributed by atoms with Crippen molar-refractivity contribution in [2.24, 2.45) is 25.4 Å². The Labute approximate surface area is 277 Å². The third-order valence-corrected chi connectivity index (χ3v) is 10.4. The highest BCUT2D eigenvalue weighted by molar-refractivity contribution is 7.18. The van der Waals surface area contributed by atoms with Gasteiger partial charge in [0, 0.05) is 27.5 Å². The molecule has 0 N–H and O–H groups in total. The lowest BCUT2D eigenvalue weighted by molar-refractivity contribution is 0.396. The summed E-state index contributed by atoms with van der Waals surface area (Å²) in [4.78, 5) is 9.08. The number of para-hydroxylation sites is 1. The smallest absolute Gasteiger partial charge is 0.0969 e. The second kappa shape index (κ2) is 12.8. The van der Waals surface area contributed by atoms with Crippen molar-refractivity contribution >= 4 is 78.3 Å². The first kappa shape index (κ1) is 29.0. The molecule has 1 aliphatic rings. The summed E-state index contributed by atoms with van der Waals surface area (Å²) < 4.78 is 1.29. The van der Waals surface area contributed by atoms with E-state index in [1.54, 1.807) is 0 Å². The Bertz CT molecular complexity index is 2260. The van der Waals surface area contributed by atoms with Crippen LogP contribution in [-0.4, -0.2) is 11.7 Å². The van der Waals surface area contributed by atoms with Crippen molar-refractivity contribution in [1.29, 1.82) is 0 Å². The minimum atomic E-state index is 0.570. The first-order valence-corrected chi connectivity index (χ1v) is 16.8. The number of hydrogen-bond donors (Lipinski definition) is 0. The molecule has 0 saturated heterocycles. The monoisotopic (exact) mass is 628 g/mol. The summed E-state index contributed by atoms with van der Waals surface area (Å²) in [5.41, 5.74) is 6.54. The maximum atomic E-state index is 4.93. The lowest BCUT2D eigenvalue weighted by atomic mass is 9.79. The van der Waals surface area contributed by atoms with Crippen LogP contribution in [0.5, 0.6) is 0 Å². The van der Waals surface area contributed by atoms with Crippen LogP contribution in [0.1, 0.15) is 48.1 Å². The van der Waals surface area contributed by atoms with E-state index in [9.17, 15) is 0 Å². The van der Waals surface area contributed by atoms with Gasteiger partial charge in [0.05, 0.1) is 43.7 Å². The molecule has 0 bridgehead atoms. The molecule has 6 nitrogen and oxygen atoms in total. The molecule has 8 rings (SSSR count). The lowest BCUT2D eigenvalue weighted by Crippen LogP contribution is -2.11. The average molecular weight is 629 g/mol. The second-order valence-electron chi connectivity index (χ2n) is 12.0. The van der Waals surface area contributed by atoms with Crippen LogP contribution in [0.2, 0.25) is 0 Å². The molecule has 1 aromatic heterocycles. The highest BCUT2D eigenvalue weighted by atomic mass is 32.1. The van der Waals surface area contributed by atoms with Crippen molar-refractivity contribution in [3.8, 4) is 0 Å². The molecule has 1 aliphatic carbocycles. The molecule has 0 atom stereocenters. The first-order valence-electron chi connectivity index (χ1n) is 16.0. The van der Waals surface area contributed by atoms with E-state index in [1.807, 2.05) is 78.1 Å². The molecule has 6 aromatic carbocycles. The van der Waals surface area contributed by atoms with Crippen molar-refractivity contribution in [3.05, 3.63) is 132 Å². The van der Waals surface area contributed by atoms with Crippen LogP contribution in [0.3, 0.4) is 0 Å². The molecular weight excluding hydrogens is 597 g/mol. The summed E-state index contributed by atoms with van der Waals surface area (Å²) in [6.45, 7) is 3.70. The number of fused-ring (bicyclic) bond motifs is 3. The van der Waals surface area contributed by atoms with Crippen LogP contribution in [0.25, 0.3) is 31.8 Å². The molecule has 1 saturated carbocycles. The van der Waals surface area contributed by atoms with Crippen molar-refractivity contribution in [1.82, 2.24) is 4.98 Å². The number of rotatable bonds is 7. The van der Waals surface area contributed by atoms with E-state index in [1.165, 1.54) is 41.0 Å². The van der Waals surface area contributed by atoms with Crippen molar-refractivity contribution in [2.75, 3.05) is 0 Å². The SMILES string of the molecule is C=Nc1ccc(N=Nc2ccc(N=Nc3ccc(C4CCC(c5nc6ccccc6s5)CC4)cc3)c3ccccc23)c2ccccc12. The van der Waals surface area contributed by atoms with Gasteiger partial charge in [-0.05, 0) is 92.4 Å². The van der Waals surface area contributed by atoms with Gasteiger partial charge in [-0.15, -0.1) is 26.7 Å². The van der Waals surface area contributed by atoms with Gasteiger partial charge in [0.25, 0.3) is 0 Å². The van der Waals surface area contributed by atoms with Crippen LogP contribution >= 0.6 is 11.3 Å². The quantitative estimate of drug-likeness (QED) is 0.128. The van der Waals surface area contributed by atoms with Crippen molar-refractivity contribution in [3.63, 3.8) is 0 Å². The maximum absolute atomic E-state index is 4.93. The van der Waals surface area contributed by atoms with Gasteiger partial charge in [-0.1, -0.05) is 72.8 Å². The summed E-state index contributed by atoms with van der Waals surface area (Å²) >= 11 is 1.86. The molecule has 0 aliphatic heterocycles. The van der Waals surface area contributed by atoms with Crippen LogP contribution in [0, 0.1) is 0 Å². The van der Waals surface area contributed by atoms with E-state index in [2.05, 4.69) is 86.8 Å². The Morgan fingerprint density at radius 1 is 0.511 bits per heavy atom. The molecule has 228 valence electrons. The number of benzene rings is 6. The highest BCUT2D eigenvalue weighted by Crippen LogP contribution is 2.43. The summed E-state index contributed by atoms with van der Waals surface area (Å²) in [5.74, 6) is 1.15. The molecule has 0 spiro atoms. The zero-order chi connectivity index (χ0) is 31.6. The minimum absolute atomic E-state index is 0.570. The number of azo groups is 2. The molecule has 7 aromatic rings. The zero-order valence-electron chi connectivity index (χ0n) is 25.8. The van der Waals surface area contributed by atoms with Crippen LogP contribution in [-0.2, 0) is 0 Å². The van der Waals surface area contributed by atoms with Crippen LogP contribution in [0.4, 0.5) is 28.4 Å². The Morgan fingerprint density at radius 2 is 1.00 bits per heavy atom. The van der Waals surface area contributed by atoms with Crippen molar-refractivity contribution < 1.29 is 0 Å². The second-order valence-corrected chi connectivity index (χ2v) is 13.1. The van der Waals surface area contributed by atoms with Crippen LogP contribution in [0.15, 0.2) is 147 Å². The van der Waals surface area contributed by atoms with E-state index in [4.69, 9.17) is 4.98 Å². The van der Waals surface area contributed by atoms with Gasteiger partial charge in [-0.2, -0.15) is 5.11 Å². The Kier molecular flexibility index (Phi) is 7.89. The summed E-state index contributed by atoms with van der Waals surface area (Å²) in [5, 5.41) is 23.8. The van der Waals surface area contributed by atoms with E-state index in [0.717, 1.165) is 55.5 Å². The topological polar surface area (TPSA) is 74.7 Å². The lowest BCUT2D eigenvalue weighted by Gasteiger charge is -2.27. The summed E-state index contributed by atoms with van der Waals surface area (Å²) in [6, 6.07) is 41.0. The molecule has 0 unspecified atom stereocenters. The number of nitrogens with zero attached hydrogens (tertiary/aromatic N) is 6. The number of thiazole rings is 1. The van der Waals surface area contributed by atoms with E-state index in [-0.39, 0.29) is 0 Å². The molecule has 1 heterocycles. The summed E-state index contributed by atoms with van der Waals surface area (Å²) in [7, 11) is 0. The van der Waals surface area contributed by atoms with Gasteiger partial charge < -0.3 is 0 Å². The first-order chi connectivity index (χ1) is 23.2. The predicted molar refractivity (Wildman–Crippen MR) is 195 cm³/mol. The molecule has 7 heteroatoms. The fourth-order valence-corrected chi connectivity index (χ4v) is 7.84. The van der Waals surface area contributed by atoms with E-state index >= 15 is 0 Å². The average Bonchev–Trinajstić information content (AvgIpc) is 3.58. The number of aliphatic imine (C=N–C) groups is 1. The number of hydrogen-bond acceptors (Lipinski definition) is 7. The van der Waals surface area contributed by atoms with Crippen LogP contribution < -0.4 is 0 Å². The summed E-state index contributed by atoms with van der Waals surface area (Å²) in [6.07, 6.45) is 4.74. The van der Waals surface area contributed by atoms with Crippen molar-refractivity contribution in [2.45, 2.75) is 37.5 Å². The van der Waals surface area contributed by atoms with Gasteiger partial charge in [0.2, 0.25) is 0 Å². The molecule has 47 heavy (non-hydrogen) atoms. The Hall–Kier alpha value is -5.40. The largest absolute Gasteiger partial charge is 0.264 e. The van der Waals surface area contributed by atoms with E-state index in [0.29, 0.717) is 11.8 Å². The minimum Gasteiger partial charge on any atom is -0.264 e. The molecule has 0 amide bonds. The number of aromatic nitrogens is 1. The third-order valence-electron chi connectivity index (χ3n) is 9.22. The fraction of sp³-hybridized carbons (Fsp3) is 0.150. The normalized spacial score (nSPS) is 16.9. The molecule has 1 fully saturated rings. The van der Waals surface area contributed by atoms with Gasteiger partial charge in [0.15, 0.2) is 0 Å². The van der Waals surface area contributed by atoms with Gasteiger partial charge >= 0.3 is 0 Å².